The maximum absolute atomic E-state index is 14.6. The molecular weight excluding hydrogens is 520 g/mol. The largest absolute Gasteiger partial charge is 0.423 e. The van der Waals surface area contributed by atoms with Crippen LogP contribution >= 0.6 is 0 Å². The number of pyridine rings is 1. The van der Waals surface area contributed by atoms with Crippen molar-refractivity contribution in [1.82, 2.24) is 24.7 Å². The minimum Gasteiger partial charge on any atom is -0.397 e. The first-order valence-corrected chi connectivity index (χ1v) is 11.7. The predicted octanol–water partition coefficient (Wildman–Crippen LogP) is 4.00. The first-order chi connectivity index (χ1) is 18.5. The van der Waals surface area contributed by atoms with E-state index in [0.717, 1.165) is 31.9 Å². The Bertz CT molecular complexity index is 1640. The van der Waals surface area contributed by atoms with Crippen LogP contribution in [-0.2, 0) is 12.7 Å². The van der Waals surface area contributed by atoms with Gasteiger partial charge in [-0.25, -0.2) is 19.5 Å². The third-order valence-electron chi connectivity index (χ3n) is 5.67. The minimum atomic E-state index is -4.74. The number of unbranched alkanes of at least 4 members (excludes halogenated alkanes) is 3. The van der Waals surface area contributed by atoms with E-state index in [2.05, 4.69) is 22.0 Å². The second kappa shape index (κ2) is 12.2. The van der Waals surface area contributed by atoms with Crippen LogP contribution in [0.3, 0.4) is 0 Å². The summed E-state index contributed by atoms with van der Waals surface area (Å²) in [6.45, 7) is 2.75. The number of hydrogen-bond acceptors (Lipinski definition) is 8. The molecule has 0 fully saturated rings. The summed E-state index contributed by atoms with van der Waals surface area (Å²) in [4.78, 5) is 31.2. The van der Waals surface area contributed by atoms with Crippen molar-refractivity contribution in [3.8, 4) is 17.5 Å². The molecule has 0 aliphatic rings. The summed E-state index contributed by atoms with van der Waals surface area (Å²) < 4.78 is 52.2. The van der Waals surface area contributed by atoms with Gasteiger partial charge in [-0.1, -0.05) is 26.2 Å². The van der Waals surface area contributed by atoms with Gasteiger partial charge in [0.05, 0.1) is 29.0 Å². The lowest BCUT2D eigenvalue weighted by Crippen LogP contribution is -2.24. The highest BCUT2D eigenvalue weighted by Gasteiger charge is 2.36. The Labute approximate surface area is 218 Å². The van der Waals surface area contributed by atoms with Gasteiger partial charge < -0.3 is 16.0 Å². The van der Waals surface area contributed by atoms with Crippen molar-refractivity contribution in [1.29, 1.82) is 5.26 Å². The normalized spacial score (nSPS) is 11.1. The van der Waals surface area contributed by atoms with Crippen LogP contribution < -0.4 is 22.6 Å². The molecule has 0 aliphatic heterocycles. The second-order valence-electron chi connectivity index (χ2n) is 8.43. The fourth-order valence-electron chi connectivity index (χ4n) is 3.68. The second-order valence-corrected chi connectivity index (χ2v) is 8.43. The monoisotopic (exact) mass is 544 g/mol. The van der Waals surface area contributed by atoms with Gasteiger partial charge in [0.2, 0.25) is 0 Å². The van der Waals surface area contributed by atoms with Gasteiger partial charge in [-0.2, -0.15) is 23.5 Å². The Kier molecular flexibility index (Phi) is 8.97. The average molecular weight is 545 g/mol. The first-order valence-electron chi connectivity index (χ1n) is 11.7. The lowest BCUT2D eigenvalue weighted by atomic mass is 10.1. The molecule has 0 unspecified atom stereocenters. The number of aromatic amines is 1. The Morgan fingerprint density at radius 3 is 2.46 bits per heavy atom. The quantitative estimate of drug-likeness (QED) is 0.242. The fraction of sp³-hybridized carbons (Fsp3) is 0.280. The maximum Gasteiger partial charge on any atom is 0.423 e. The highest BCUT2D eigenvalue weighted by molar-refractivity contribution is 5.86. The van der Waals surface area contributed by atoms with Crippen LogP contribution in [0.2, 0.25) is 0 Å². The van der Waals surface area contributed by atoms with Crippen molar-refractivity contribution >= 4 is 22.3 Å². The number of benzene rings is 1. The number of aromatic nitrogens is 5. The predicted molar refractivity (Wildman–Crippen MR) is 137 cm³/mol. The third kappa shape index (κ3) is 6.75. The first kappa shape index (κ1) is 28.8. The van der Waals surface area contributed by atoms with Gasteiger partial charge in [-0.15, -0.1) is 0 Å². The van der Waals surface area contributed by atoms with E-state index in [4.69, 9.17) is 16.7 Å². The molecule has 0 spiro atoms. The molecule has 4 rings (SSSR count). The molecular formula is C25H24F4N8O2. The molecule has 0 saturated heterocycles. The molecule has 0 aliphatic carbocycles. The zero-order valence-electron chi connectivity index (χ0n) is 20.7. The number of rotatable bonds is 6. The number of fused-ring (bicyclic) bond motifs is 1. The molecule has 0 atom stereocenters. The lowest BCUT2D eigenvalue weighted by Gasteiger charge is -2.09. The summed E-state index contributed by atoms with van der Waals surface area (Å²) in [5.41, 5.74) is 7.24. The molecule has 4 aromatic rings. The van der Waals surface area contributed by atoms with Crippen molar-refractivity contribution in [2.45, 2.75) is 45.3 Å². The minimum absolute atomic E-state index is 0.00973. The van der Waals surface area contributed by atoms with E-state index < -0.39 is 28.8 Å². The van der Waals surface area contributed by atoms with E-state index in [-0.39, 0.29) is 28.3 Å². The van der Waals surface area contributed by atoms with Crippen LogP contribution in [0.25, 0.3) is 22.2 Å². The molecule has 10 nitrogen and oxygen atoms in total. The molecule has 0 amide bonds. The molecule has 0 saturated carbocycles. The van der Waals surface area contributed by atoms with Crippen LogP contribution in [0, 0.1) is 17.1 Å². The van der Waals surface area contributed by atoms with E-state index in [1.807, 2.05) is 6.07 Å². The topological polar surface area (TPSA) is 169 Å². The van der Waals surface area contributed by atoms with E-state index in [0.29, 0.717) is 17.3 Å². The number of nitrogens with two attached hydrogens (primary N) is 2. The lowest BCUT2D eigenvalue weighted by molar-refractivity contribution is -0.138. The zero-order valence-corrected chi connectivity index (χ0v) is 20.7. The highest BCUT2D eigenvalue weighted by Crippen LogP contribution is 2.29. The molecule has 14 heteroatoms. The molecule has 0 radical (unpaired) electrons. The number of halogens is 4. The van der Waals surface area contributed by atoms with Crippen molar-refractivity contribution in [2.75, 3.05) is 11.5 Å². The highest BCUT2D eigenvalue weighted by atomic mass is 19.4. The van der Waals surface area contributed by atoms with Crippen LogP contribution in [0.1, 0.15) is 43.7 Å². The maximum atomic E-state index is 14.6. The molecule has 3 heterocycles. The summed E-state index contributed by atoms with van der Waals surface area (Å²) >= 11 is 0. The van der Waals surface area contributed by atoms with Crippen molar-refractivity contribution in [2.24, 2.45) is 0 Å². The van der Waals surface area contributed by atoms with Crippen LogP contribution in [0.5, 0.6) is 0 Å². The summed E-state index contributed by atoms with van der Waals surface area (Å²) in [6, 6.07) is 6.40. The van der Waals surface area contributed by atoms with Crippen LogP contribution in [-0.4, -0.2) is 24.7 Å². The Hall–Kier alpha value is -4.80. The molecule has 3 aromatic heterocycles. The molecule has 0 bridgehead atoms. The van der Waals surface area contributed by atoms with Crippen LogP contribution in [0.4, 0.5) is 29.1 Å². The smallest absolute Gasteiger partial charge is 0.397 e. The van der Waals surface area contributed by atoms with Gasteiger partial charge in [0, 0.05) is 12.7 Å². The van der Waals surface area contributed by atoms with Gasteiger partial charge in [-0.05, 0) is 30.0 Å². The van der Waals surface area contributed by atoms with E-state index in [1.165, 1.54) is 18.3 Å². The SMILES string of the molecule is CCCCCCn1ccc2cc(-c3ncc(C#N)c(N)n3)c(F)cc2c1=O.Nc1cn[nH]c(=O)c1C(F)(F)F. The van der Waals surface area contributed by atoms with Crippen molar-refractivity contribution in [3.63, 3.8) is 0 Å². The molecule has 5 N–H and O–H groups in total. The number of anilines is 2. The van der Waals surface area contributed by atoms with Gasteiger partial charge in [-0.3, -0.25) is 9.59 Å². The third-order valence-corrected chi connectivity index (χ3v) is 5.67. The number of nitrogens with zero attached hydrogens (tertiary/aromatic N) is 5. The van der Waals surface area contributed by atoms with Gasteiger partial charge in [0.25, 0.3) is 11.1 Å². The van der Waals surface area contributed by atoms with Gasteiger partial charge in [0.15, 0.2) is 5.82 Å². The Morgan fingerprint density at radius 2 is 1.87 bits per heavy atom. The number of aryl methyl sites for hydroxylation is 1. The Balaban J connectivity index is 0.000000293. The van der Waals surface area contributed by atoms with Crippen molar-refractivity contribution in [3.05, 3.63) is 74.4 Å². The van der Waals surface area contributed by atoms with E-state index >= 15 is 0 Å². The number of nitrogens with one attached hydrogen (secondary N) is 1. The standard InChI is InChI=1S/C20H20FN5O.C5H4F3N3O/c1-2-3-4-5-7-26-8-6-13-9-16(17(21)10-15(13)20(26)27)19-24-12-14(11-22)18(23)25-19;6-5(7,8)3-2(9)1-10-11-4(3)12/h6,8-10,12H,2-5,7H2,1H3,(H2,23,24,25);1H,(H3,9,11,12). The molecule has 1 aromatic carbocycles. The summed E-state index contributed by atoms with van der Waals surface area (Å²) in [5, 5.41) is 14.6. The average Bonchev–Trinajstić information content (AvgIpc) is 2.87. The fourth-order valence-corrected chi connectivity index (χ4v) is 3.68. The molecule has 204 valence electrons. The number of alkyl halides is 3. The number of hydrogen-bond donors (Lipinski definition) is 3. The Morgan fingerprint density at radius 1 is 1.13 bits per heavy atom. The summed E-state index contributed by atoms with van der Waals surface area (Å²) in [5.74, 6) is -0.536. The van der Waals surface area contributed by atoms with Crippen molar-refractivity contribution < 1.29 is 17.6 Å². The molecule has 39 heavy (non-hydrogen) atoms. The summed E-state index contributed by atoms with van der Waals surface area (Å²) in [6.07, 6.45) is 3.23. The zero-order chi connectivity index (χ0) is 28.7. The van der Waals surface area contributed by atoms with Crippen LogP contribution in [0.15, 0.2) is 46.4 Å². The van der Waals surface area contributed by atoms with Gasteiger partial charge >= 0.3 is 6.18 Å². The van der Waals surface area contributed by atoms with E-state index in [9.17, 15) is 27.2 Å². The number of nitriles is 1. The van der Waals surface area contributed by atoms with Gasteiger partial charge in [0.1, 0.15) is 28.8 Å². The summed E-state index contributed by atoms with van der Waals surface area (Å²) in [7, 11) is 0. The number of H-pyrrole nitrogens is 1. The van der Waals surface area contributed by atoms with E-state index in [1.54, 1.807) is 21.9 Å². The number of nitrogen functional groups attached to an aromatic ring is 2.